The summed E-state index contributed by atoms with van der Waals surface area (Å²) in [5.74, 6) is 0.239. The first-order valence-corrected chi connectivity index (χ1v) is 9.82. The van der Waals surface area contributed by atoms with Gasteiger partial charge in [0.2, 0.25) is 0 Å². The van der Waals surface area contributed by atoms with Crippen LogP contribution in [0.15, 0.2) is 35.5 Å². The Bertz CT molecular complexity index is 775. The topological polar surface area (TPSA) is 102 Å². The number of nitrogens with two attached hydrogens (primary N) is 1. The van der Waals surface area contributed by atoms with E-state index in [0.29, 0.717) is 20.8 Å². The molecule has 6 nitrogen and oxygen atoms in total. The first kappa shape index (κ1) is 19.8. The normalized spacial score (nSPS) is 11.8. The summed E-state index contributed by atoms with van der Waals surface area (Å²) in [6.45, 7) is 0. The van der Waals surface area contributed by atoms with Gasteiger partial charge >= 0.3 is 5.97 Å². The Morgan fingerprint density at radius 3 is 2.29 bits per heavy atom. The van der Waals surface area contributed by atoms with Gasteiger partial charge in [0.05, 0.1) is 7.14 Å². The fourth-order valence-corrected chi connectivity index (χ4v) is 4.61. The Morgan fingerprint density at radius 1 is 1.17 bits per heavy atom. The molecule has 2 aromatic carbocycles. The van der Waals surface area contributed by atoms with E-state index in [9.17, 15) is 9.70 Å². The predicted octanol–water partition coefficient (Wildman–Crippen LogP) is 4.65. The van der Waals surface area contributed by atoms with Crippen molar-refractivity contribution in [3.63, 3.8) is 0 Å². The average molecular weight is 664 g/mol. The molecule has 0 aliphatic heterocycles. The summed E-state index contributed by atoms with van der Waals surface area (Å²) >= 11 is 6.30. The van der Waals surface area contributed by atoms with E-state index in [1.807, 2.05) is 34.7 Å². The van der Waals surface area contributed by atoms with E-state index in [1.165, 1.54) is 0 Å². The standard InChI is InChI=1S/C15H11I3N2O4/c16-9-6-8(1-2-13(9)20-23)24-14-10(17)3-7(4-11(14)18)5-12(19)15(21)22/h1-4,6,12H,5,19H2,(H,21,22). The highest BCUT2D eigenvalue weighted by molar-refractivity contribution is 14.1. The fraction of sp³-hybridized carbons (Fsp3) is 0.133. The number of carbonyl (C=O) groups is 1. The molecule has 126 valence electrons. The molecular formula is C15H11I3N2O4. The van der Waals surface area contributed by atoms with Gasteiger partial charge in [-0.2, -0.15) is 0 Å². The first-order chi connectivity index (χ1) is 11.3. The zero-order chi connectivity index (χ0) is 17.9. The molecule has 0 spiro atoms. The molecule has 0 bridgehead atoms. The van der Waals surface area contributed by atoms with Gasteiger partial charge in [-0.25, -0.2) is 0 Å². The molecule has 1 atom stereocenters. The molecule has 3 N–H and O–H groups in total. The van der Waals surface area contributed by atoms with Crippen LogP contribution in [-0.2, 0) is 11.2 Å². The minimum absolute atomic E-state index is 0.249. The second-order valence-electron chi connectivity index (χ2n) is 4.84. The SMILES string of the molecule is NC(Cc1cc(I)c(Oc2ccc(N=O)c(I)c2)c(I)c1)C(=O)O. The van der Waals surface area contributed by atoms with Crippen LogP contribution in [0.2, 0.25) is 0 Å². The van der Waals surface area contributed by atoms with Crippen molar-refractivity contribution in [2.45, 2.75) is 12.5 Å². The fourth-order valence-electron chi connectivity index (χ4n) is 1.91. The molecule has 0 aliphatic rings. The van der Waals surface area contributed by atoms with E-state index < -0.39 is 12.0 Å². The van der Waals surface area contributed by atoms with Crippen LogP contribution >= 0.6 is 67.8 Å². The lowest BCUT2D eigenvalue weighted by Crippen LogP contribution is -2.32. The Hall–Kier alpha value is -0.540. The van der Waals surface area contributed by atoms with Crippen molar-refractivity contribution in [3.05, 3.63) is 51.5 Å². The van der Waals surface area contributed by atoms with Gasteiger partial charge in [0.25, 0.3) is 0 Å². The van der Waals surface area contributed by atoms with Gasteiger partial charge in [-0.15, -0.1) is 4.91 Å². The maximum atomic E-state index is 10.9. The van der Waals surface area contributed by atoms with Crippen molar-refractivity contribution in [1.82, 2.24) is 0 Å². The minimum atomic E-state index is -1.03. The van der Waals surface area contributed by atoms with Gasteiger partial charge in [0, 0.05) is 3.57 Å². The van der Waals surface area contributed by atoms with Crippen molar-refractivity contribution in [2.75, 3.05) is 0 Å². The highest BCUT2D eigenvalue weighted by atomic mass is 127. The monoisotopic (exact) mass is 664 g/mol. The van der Waals surface area contributed by atoms with E-state index in [2.05, 4.69) is 50.4 Å². The van der Waals surface area contributed by atoms with Crippen LogP contribution in [0.3, 0.4) is 0 Å². The van der Waals surface area contributed by atoms with Crippen molar-refractivity contribution in [3.8, 4) is 11.5 Å². The summed E-state index contributed by atoms with van der Waals surface area (Å²) in [7, 11) is 0. The molecule has 0 fully saturated rings. The van der Waals surface area contributed by atoms with E-state index >= 15 is 0 Å². The van der Waals surface area contributed by atoms with Crippen LogP contribution in [-0.4, -0.2) is 17.1 Å². The van der Waals surface area contributed by atoms with Crippen LogP contribution in [0, 0.1) is 15.6 Å². The lowest BCUT2D eigenvalue weighted by Gasteiger charge is -2.13. The number of nitrogens with zero attached hydrogens (tertiary/aromatic N) is 1. The maximum Gasteiger partial charge on any atom is 0.320 e. The molecule has 2 rings (SSSR count). The van der Waals surface area contributed by atoms with Crippen LogP contribution in [0.25, 0.3) is 0 Å². The number of hydrogen-bond acceptors (Lipinski definition) is 5. The summed E-state index contributed by atoms with van der Waals surface area (Å²) in [6.07, 6.45) is 0.249. The summed E-state index contributed by atoms with van der Waals surface area (Å²) in [6, 6.07) is 7.79. The molecule has 0 heterocycles. The quantitative estimate of drug-likeness (QED) is 0.347. The smallest absolute Gasteiger partial charge is 0.320 e. The van der Waals surface area contributed by atoms with Crippen molar-refractivity contribution in [2.24, 2.45) is 10.9 Å². The number of ether oxygens (including phenoxy) is 1. The molecule has 24 heavy (non-hydrogen) atoms. The Labute approximate surface area is 178 Å². The summed E-state index contributed by atoms with van der Waals surface area (Å²) < 4.78 is 8.31. The van der Waals surface area contributed by atoms with Crippen molar-refractivity contribution >= 4 is 79.4 Å². The van der Waals surface area contributed by atoms with Crippen LogP contribution < -0.4 is 10.5 Å². The average Bonchev–Trinajstić information content (AvgIpc) is 2.51. The lowest BCUT2D eigenvalue weighted by molar-refractivity contribution is -0.138. The number of benzene rings is 2. The number of hydrogen-bond donors (Lipinski definition) is 2. The number of aliphatic carboxylic acids is 1. The zero-order valence-corrected chi connectivity index (χ0v) is 18.5. The Kier molecular flexibility index (Phi) is 7.18. The van der Waals surface area contributed by atoms with Gasteiger partial charge in [-0.05, 0) is 115 Å². The molecule has 1 unspecified atom stereocenters. The Morgan fingerprint density at radius 2 is 1.79 bits per heavy atom. The van der Waals surface area contributed by atoms with Crippen molar-refractivity contribution < 1.29 is 14.6 Å². The third kappa shape index (κ3) is 4.98. The molecule has 9 heteroatoms. The van der Waals surface area contributed by atoms with Gasteiger partial charge in [0.15, 0.2) is 5.75 Å². The second kappa shape index (κ2) is 8.71. The molecule has 0 saturated carbocycles. The molecular weight excluding hydrogens is 653 g/mol. The summed E-state index contributed by atoms with van der Waals surface area (Å²) in [5, 5.41) is 11.8. The van der Waals surface area contributed by atoms with Crippen LogP contribution in [0.1, 0.15) is 5.56 Å². The van der Waals surface area contributed by atoms with E-state index in [-0.39, 0.29) is 6.42 Å². The van der Waals surface area contributed by atoms with E-state index in [0.717, 1.165) is 12.7 Å². The summed E-state index contributed by atoms with van der Waals surface area (Å²) in [5.41, 5.74) is 6.78. The third-order valence-electron chi connectivity index (χ3n) is 3.07. The van der Waals surface area contributed by atoms with Crippen LogP contribution in [0.5, 0.6) is 11.5 Å². The molecule has 0 radical (unpaired) electrons. The highest BCUT2D eigenvalue weighted by Crippen LogP contribution is 2.35. The zero-order valence-electron chi connectivity index (χ0n) is 12.0. The highest BCUT2D eigenvalue weighted by Gasteiger charge is 2.16. The second-order valence-corrected chi connectivity index (χ2v) is 8.33. The number of carboxylic acid groups (broad SMARTS) is 1. The number of halogens is 3. The van der Waals surface area contributed by atoms with Gasteiger partial charge in [-0.1, -0.05) is 0 Å². The molecule has 0 saturated heterocycles. The van der Waals surface area contributed by atoms with E-state index in [1.54, 1.807) is 18.2 Å². The van der Waals surface area contributed by atoms with Gasteiger partial charge in [-0.3, -0.25) is 4.79 Å². The van der Waals surface area contributed by atoms with E-state index in [4.69, 9.17) is 15.6 Å². The molecule has 2 aromatic rings. The number of nitroso groups, excluding NO2 is 1. The van der Waals surface area contributed by atoms with Crippen LogP contribution in [0.4, 0.5) is 5.69 Å². The lowest BCUT2D eigenvalue weighted by atomic mass is 10.1. The number of carboxylic acids is 1. The molecule has 0 aliphatic carbocycles. The van der Waals surface area contributed by atoms with Crippen molar-refractivity contribution in [1.29, 1.82) is 0 Å². The molecule has 0 amide bonds. The maximum absolute atomic E-state index is 10.9. The number of rotatable bonds is 6. The molecule has 0 aromatic heterocycles. The van der Waals surface area contributed by atoms with Gasteiger partial charge in [0.1, 0.15) is 17.5 Å². The Balaban J connectivity index is 2.26. The van der Waals surface area contributed by atoms with Gasteiger partial charge < -0.3 is 15.6 Å². The minimum Gasteiger partial charge on any atom is -0.480 e. The third-order valence-corrected chi connectivity index (χ3v) is 5.53. The largest absolute Gasteiger partial charge is 0.480 e. The summed E-state index contributed by atoms with van der Waals surface area (Å²) in [4.78, 5) is 21.5. The first-order valence-electron chi connectivity index (χ1n) is 6.59. The predicted molar refractivity (Wildman–Crippen MR) is 116 cm³/mol.